The van der Waals surface area contributed by atoms with Crippen LogP contribution in [-0.4, -0.2) is 41.6 Å². The lowest BCUT2D eigenvalue weighted by atomic mass is 10.0. The molecule has 294 valence electrons. The van der Waals surface area contributed by atoms with Crippen LogP contribution in [0.15, 0.2) is 48.6 Å². The van der Waals surface area contributed by atoms with Crippen LogP contribution in [0.4, 0.5) is 0 Å². The van der Waals surface area contributed by atoms with Gasteiger partial charge < -0.3 is 20.9 Å². The van der Waals surface area contributed by atoms with E-state index >= 15 is 0 Å². The first-order valence-corrected chi connectivity index (χ1v) is 21.0. The third-order valence-corrected chi connectivity index (χ3v) is 9.10. The summed E-state index contributed by atoms with van der Waals surface area (Å²) in [5, 5.41) is 11.9. The summed E-state index contributed by atoms with van der Waals surface area (Å²) in [6, 6.07) is -0.857. The van der Waals surface area contributed by atoms with Crippen LogP contribution in [0, 0.1) is 0 Å². The molecule has 1 amide bonds. The summed E-state index contributed by atoms with van der Waals surface area (Å²) in [7, 11) is 0. The van der Waals surface area contributed by atoms with Gasteiger partial charge in [-0.1, -0.05) is 133 Å². The summed E-state index contributed by atoms with van der Waals surface area (Å²) in [6.07, 6.45) is 46.0. The highest BCUT2D eigenvalue weighted by molar-refractivity contribution is 5.83. The number of hydrogen-bond acceptors (Lipinski definition) is 5. The van der Waals surface area contributed by atoms with E-state index in [4.69, 9.17) is 10.5 Å². The lowest BCUT2D eigenvalue weighted by molar-refractivity contribution is -0.147. The van der Waals surface area contributed by atoms with Crippen molar-refractivity contribution in [3.63, 3.8) is 0 Å². The molecule has 0 aliphatic carbocycles. The average Bonchev–Trinajstić information content (AvgIpc) is 3.11. The largest absolute Gasteiger partial charge is 0.480 e. The molecule has 51 heavy (non-hydrogen) atoms. The maximum absolute atomic E-state index is 12.7. The van der Waals surface area contributed by atoms with Crippen LogP contribution in [0.1, 0.15) is 194 Å². The van der Waals surface area contributed by atoms with Crippen molar-refractivity contribution in [2.45, 2.75) is 206 Å². The molecule has 0 aliphatic rings. The molecule has 0 rings (SSSR count). The predicted molar refractivity (Wildman–Crippen MR) is 216 cm³/mol. The summed E-state index contributed by atoms with van der Waals surface area (Å²) < 4.78 is 5.93. The van der Waals surface area contributed by atoms with E-state index in [1.54, 1.807) is 0 Å². The highest BCUT2D eigenvalue weighted by atomic mass is 16.5. The first kappa shape index (κ1) is 48.3. The molecule has 0 aliphatic heterocycles. The summed E-state index contributed by atoms with van der Waals surface area (Å²) in [6.45, 7) is 4.88. The minimum Gasteiger partial charge on any atom is -0.480 e. The van der Waals surface area contributed by atoms with E-state index in [2.05, 4.69) is 67.8 Å². The Kier molecular flexibility index (Phi) is 36.5. The number of carbonyl (C=O) groups is 3. The molecular formula is C44H78N2O5. The van der Waals surface area contributed by atoms with Gasteiger partial charge in [0.25, 0.3) is 0 Å². The van der Waals surface area contributed by atoms with Gasteiger partial charge in [0.1, 0.15) is 12.1 Å². The van der Waals surface area contributed by atoms with Gasteiger partial charge in [0.05, 0.1) is 0 Å². The molecule has 4 N–H and O–H groups in total. The molecule has 0 radical (unpaired) electrons. The first-order valence-electron chi connectivity index (χ1n) is 21.0. The Morgan fingerprint density at radius 1 is 0.588 bits per heavy atom. The quantitative estimate of drug-likeness (QED) is 0.0335. The maximum Gasteiger partial charge on any atom is 0.326 e. The summed E-state index contributed by atoms with van der Waals surface area (Å²) >= 11 is 0. The van der Waals surface area contributed by atoms with Crippen LogP contribution in [-0.2, 0) is 19.1 Å². The van der Waals surface area contributed by atoms with Crippen LogP contribution in [0.3, 0.4) is 0 Å². The Morgan fingerprint density at radius 3 is 1.67 bits per heavy atom. The number of amides is 1. The van der Waals surface area contributed by atoms with Crippen LogP contribution < -0.4 is 11.1 Å². The number of aliphatic carboxylic acids is 1. The third kappa shape index (κ3) is 35.5. The Bertz CT molecular complexity index is 942. The Morgan fingerprint density at radius 2 is 1.08 bits per heavy atom. The van der Waals surface area contributed by atoms with Gasteiger partial charge in [0, 0.05) is 12.8 Å². The van der Waals surface area contributed by atoms with Gasteiger partial charge in [0.2, 0.25) is 5.91 Å². The number of allylic oxidation sites excluding steroid dienone is 7. The molecule has 0 bridgehead atoms. The topological polar surface area (TPSA) is 119 Å². The highest BCUT2D eigenvalue weighted by Gasteiger charge is 2.18. The molecule has 0 aromatic heterocycles. The fourth-order valence-corrected chi connectivity index (χ4v) is 5.90. The molecule has 0 aromatic rings. The van der Waals surface area contributed by atoms with Crippen LogP contribution >= 0.6 is 0 Å². The number of esters is 1. The molecule has 0 saturated carbocycles. The van der Waals surface area contributed by atoms with Crippen molar-refractivity contribution in [1.82, 2.24) is 5.32 Å². The van der Waals surface area contributed by atoms with E-state index in [9.17, 15) is 19.5 Å². The predicted octanol–water partition coefficient (Wildman–Crippen LogP) is 11.6. The highest BCUT2D eigenvalue weighted by Crippen LogP contribution is 2.15. The summed E-state index contributed by atoms with van der Waals surface area (Å²) in [5.41, 5.74) is 5.47. The zero-order valence-electron chi connectivity index (χ0n) is 32.9. The van der Waals surface area contributed by atoms with Gasteiger partial charge in [-0.25, -0.2) is 4.79 Å². The average molecular weight is 715 g/mol. The number of hydrogen-bond donors (Lipinski definition) is 3. The van der Waals surface area contributed by atoms with E-state index < -0.39 is 12.0 Å². The normalized spacial score (nSPS) is 13.2. The standard InChI is InChI=1S/C44H78N2O5/c1-3-5-7-9-11-13-14-15-16-17-18-20-22-28-32-38-43(48)51-40(34-29-25-21-19-12-10-8-6-4-2)35-30-26-23-24-27-31-37-42(47)46-41(44(49)50)36-33-39-45/h11,13,15-16,19,21,29,34,40-41H,3-10,12,14,17-18,20,22-28,30-33,35-39,45H2,1-2H3,(H,46,47)(H,49,50)/b13-11-,16-15-,21-19-,34-29-. The van der Waals surface area contributed by atoms with Gasteiger partial charge in [-0.05, 0) is 103 Å². The maximum atomic E-state index is 12.7. The second-order valence-corrected chi connectivity index (χ2v) is 14.0. The van der Waals surface area contributed by atoms with E-state index in [-0.39, 0.29) is 18.0 Å². The first-order chi connectivity index (χ1) is 24.9. The van der Waals surface area contributed by atoms with Crippen molar-refractivity contribution in [2.75, 3.05) is 6.54 Å². The summed E-state index contributed by atoms with van der Waals surface area (Å²) in [5.74, 6) is -1.30. The fourth-order valence-electron chi connectivity index (χ4n) is 5.90. The number of nitrogens with one attached hydrogen (secondary N) is 1. The van der Waals surface area contributed by atoms with Crippen molar-refractivity contribution in [2.24, 2.45) is 5.73 Å². The molecule has 2 atom stereocenters. The molecule has 7 nitrogen and oxygen atoms in total. The summed E-state index contributed by atoms with van der Waals surface area (Å²) in [4.78, 5) is 36.2. The van der Waals surface area contributed by atoms with E-state index in [0.29, 0.717) is 32.2 Å². The van der Waals surface area contributed by atoms with Gasteiger partial charge in [-0.15, -0.1) is 0 Å². The van der Waals surface area contributed by atoms with Crippen LogP contribution in [0.5, 0.6) is 0 Å². The Hall–Kier alpha value is -2.67. The van der Waals surface area contributed by atoms with Crippen molar-refractivity contribution < 1.29 is 24.2 Å². The van der Waals surface area contributed by atoms with Gasteiger partial charge in [-0.2, -0.15) is 0 Å². The SMILES string of the molecule is CCCCC/C=C\C/C=C\CCCCCCCC(=O)OC(/C=C\C/C=C\CCCCCC)CCCCCCCCC(=O)NC(CCCN)C(=O)O. The van der Waals surface area contributed by atoms with Crippen LogP contribution in [0.25, 0.3) is 0 Å². The molecule has 2 unspecified atom stereocenters. The third-order valence-electron chi connectivity index (χ3n) is 9.10. The zero-order chi connectivity index (χ0) is 37.5. The number of carboxylic acids is 1. The minimum atomic E-state index is -1.01. The second-order valence-electron chi connectivity index (χ2n) is 14.0. The van der Waals surface area contributed by atoms with E-state index in [1.807, 2.05) is 0 Å². The van der Waals surface area contributed by atoms with Crippen molar-refractivity contribution in [1.29, 1.82) is 0 Å². The Balaban J connectivity index is 4.35. The van der Waals surface area contributed by atoms with Crippen LogP contribution in [0.2, 0.25) is 0 Å². The molecule has 0 fully saturated rings. The molecule has 0 aromatic carbocycles. The van der Waals surface area contributed by atoms with Gasteiger partial charge in [0.15, 0.2) is 0 Å². The zero-order valence-corrected chi connectivity index (χ0v) is 32.9. The number of rotatable bonds is 37. The number of carboxylic acid groups (broad SMARTS) is 1. The fraction of sp³-hybridized carbons (Fsp3) is 0.750. The van der Waals surface area contributed by atoms with Crippen molar-refractivity contribution in [3.8, 4) is 0 Å². The molecule has 0 heterocycles. The van der Waals surface area contributed by atoms with E-state index in [0.717, 1.165) is 89.9 Å². The number of unbranched alkanes of at least 4 members (excludes halogenated alkanes) is 17. The Labute approximate surface area is 313 Å². The second kappa shape index (κ2) is 38.6. The molecule has 7 heteroatoms. The van der Waals surface area contributed by atoms with Crippen molar-refractivity contribution >= 4 is 17.8 Å². The van der Waals surface area contributed by atoms with Gasteiger partial charge in [-0.3, -0.25) is 9.59 Å². The van der Waals surface area contributed by atoms with E-state index in [1.165, 1.54) is 64.2 Å². The van der Waals surface area contributed by atoms with Gasteiger partial charge >= 0.3 is 11.9 Å². The number of ether oxygens (including phenoxy) is 1. The molecular weight excluding hydrogens is 636 g/mol. The lowest BCUT2D eigenvalue weighted by Crippen LogP contribution is -2.40. The smallest absolute Gasteiger partial charge is 0.326 e. The number of nitrogens with two attached hydrogens (primary N) is 1. The monoisotopic (exact) mass is 715 g/mol. The lowest BCUT2D eigenvalue weighted by Gasteiger charge is -2.15. The molecule has 0 saturated heterocycles. The number of carbonyl (C=O) groups excluding carboxylic acids is 2. The minimum absolute atomic E-state index is 0.0896. The molecule has 0 spiro atoms. The van der Waals surface area contributed by atoms with Crippen molar-refractivity contribution in [3.05, 3.63) is 48.6 Å².